The molecule has 0 bridgehead atoms. The second-order valence-electron chi connectivity index (χ2n) is 3.58. The third-order valence-corrected chi connectivity index (χ3v) is 5.02. The van der Waals surface area contributed by atoms with Crippen molar-refractivity contribution in [3.63, 3.8) is 0 Å². The Morgan fingerprint density at radius 2 is 2.27 bits per heavy atom. The van der Waals surface area contributed by atoms with E-state index in [1.807, 2.05) is 0 Å². The fraction of sp³-hybridized carbons (Fsp3) is 0.625. The predicted molar refractivity (Wildman–Crippen MR) is 55.6 cm³/mol. The minimum atomic E-state index is -3.18. The Morgan fingerprint density at radius 3 is 2.80 bits per heavy atom. The smallest absolute Gasteiger partial charge is 0.173 e. The molecule has 15 heavy (non-hydrogen) atoms. The van der Waals surface area contributed by atoms with Crippen LogP contribution in [0.5, 0.6) is 5.75 Å². The molecule has 2 rings (SSSR count). The molecule has 2 heterocycles. The zero-order valence-corrected chi connectivity index (χ0v) is 9.50. The van der Waals surface area contributed by atoms with Crippen LogP contribution in [0, 0.1) is 0 Å². The summed E-state index contributed by atoms with van der Waals surface area (Å²) < 4.78 is 24.7. The van der Waals surface area contributed by atoms with Crippen molar-refractivity contribution in [3.8, 4) is 5.75 Å². The Hall–Kier alpha value is -0.750. The van der Waals surface area contributed by atoms with E-state index >= 15 is 0 Å². The monoisotopic (exact) mass is 250 g/mol. The number of aromatic nitrogens is 2. The highest BCUT2D eigenvalue weighted by atomic mass is 35.5. The lowest BCUT2D eigenvalue weighted by atomic mass is 10.2. The largest absolute Gasteiger partial charge is 0.504 e. The van der Waals surface area contributed by atoms with Gasteiger partial charge in [0, 0.05) is 0 Å². The summed E-state index contributed by atoms with van der Waals surface area (Å²) in [6, 6.07) is 0. The van der Waals surface area contributed by atoms with Gasteiger partial charge in [-0.25, -0.2) is 13.1 Å². The molecule has 0 aliphatic carbocycles. The fourth-order valence-corrected chi connectivity index (χ4v) is 3.89. The van der Waals surface area contributed by atoms with E-state index in [1.165, 1.54) is 4.68 Å². The lowest BCUT2D eigenvalue weighted by Crippen LogP contribution is -2.27. The Kier molecular flexibility index (Phi) is 2.64. The maximum atomic E-state index is 11.7. The van der Waals surface area contributed by atoms with Crippen molar-refractivity contribution in [3.05, 3.63) is 11.3 Å². The van der Waals surface area contributed by atoms with Gasteiger partial charge in [0.05, 0.1) is 11.9 Å². The van der Waals surface area contributed by atoms with Gasteiger partial charge in [-0.15, -0.1) is 0 Å². The summed E-state index contributed by atoms with van der Waals surface area (Å²) in [6.07, 6.45) is 3.18. The van der Waals surface area contributed by atoms with E-state index in [4.69, 9.17) is 11.6 Å². The van der Waals surface area contributed by atoms with Gasteiger partial charge in [-0.2, -0.15) is 5.10 Å². The Bertz CT molecular complexity index is 468. The van der Waals surface area contributed by atoms with Gasteiger partial charge in [0.2, 0.25) is 0 Å². The number of rotatable bonds is 1. The topological polar surface area (TPSA) is 72.2 Å². The molecule has 1 saturated heterocycles. The lowest BCUT2D eigenvalue weighted by molar-refractivity contribution is 0.456. The maximum Gasteiger partial charge on any atom is 0.173 e. The van der Waals surface area contributed by atoms with Gasteiger partial charge in [0.25, 0.3) is 0 Å². The number of sulfone groups is 1. The Balaban J connectivity index is 2.42. The summed E-state index contributed by atoms with van der Waals surface area (Å²) in [4.78, 5) is 0. The van der Waals surface area contributed by atoms with Crippen LogP contribution in [0.4, 0.5) is 0 Å². The zero-order valence-electron chi connectivity index (χ0n) is 7.93. The van der Waals surface area contributed by atoms with Crippen LogP contribution in [0.25, 0.3) is 0 Å². The summed E-state index contributed by atoms with van der Waals surface area (Å²) in [7, 11) is -3.18. The van der Waals surface area contributed by atoms with Gasteiger partial charge >= 0.3 is 0 Å². The molecule has 5 nitrogen and oxygen atoms in total. The van der Waals surface area contributed by atoms with Crippen LogP contribution >= 0.6 is 11.6 Å². The first-order chi connectivity index (χ1) is 7.02. The number of halogens is 1. The summed E-state index contributed by atoms with van der Waals surface area (Å²) in [5.41, 5.74) is 0. The third-order valence-electron chi connectivity index (χ3n) is 2.53. The summed E-state index contributed by atoms with van der Waals surface area (Å²) >= 11 is 5.76. The predicted octanol–water partition coefficient (Wildman–Crippen LogP) is 1.34. The quantitative estimate of drug-likeness (QED) is 0.816. The fourth-order valence-electron chi connectivity index (χ4n) is 1.75. The summed E-state index contributed by atoms with van der Waals surface area (Å²) in [5, 5.41) is 12.3. The number of aromatic hydroxyl groups is 1. The average Bonchev–Trinajstić information content (AvgIpc) is 2.48. The highest BCUT2D eigenvalue weighted by Gasteiger charge is 2.32. The van der Waals surface area contributed by atoms with Crippen LogP contribution in [-0.4, -0.2) is 29.1 Å². The van der Waals surface area contributed by atoms with E-state index in [-0.39, 0.29) is 16.7 Å². The average molecular weight is 251 g/mol. The highest BCUT2D eigenvalue weighted by Crippen LogP contribution is 2.33. The molecule has 1 atom stereocenters. The van der Waals surface area contributed by atoms with E-state index in [2.05, 4.69) is 5.10 Å². The molecule has 1 N–H and O–H groups in total. The molecular formula is C8H11ClN2O3S. The SMILES string of the molecule is O=S1(=O)CCCCC1n1ncc(O)c1Cl. The van der Waals surface area contributed by atoms with Gasteiger partial charge in [-0.05, 0) is 19.3 Å². The number of nitrogens with zero attached hydrogens (tertiary/aromatic N) is 2. The molecule has 1 aliphatic rings. The van der Waals surface area contributed by atoms with Crippen LogP contribution < -0.4 is 0 Å². The maximum absolute atomic E-state index is 11.7. The van der Waals surface area contributed by atoms with Gasteiger partial charge in [0.1, 0.15) is 0 Å². The van der Waals surface area contributed by atoms with Crippen LogP contribution in [-0.2, 0) is 9.84 Å². The van der Waals surface area contributed by atoms with Gasteiger partial charge in [-0.3, -0.25) is 0 Å². The van der Waals surface area contributed by atoms with Gasteiger partial charge in [0.15, 0.2) is 26.1 Å². The molecule has 0 radical (unpaired) electrons. The molecule has 1 aromatic heterocycles. The first-order valence-corrected chi connectivity index (χ1v) is 6.75. The molecule has 0 spiro atoms. The minimum Gasteiger partial charge on any atom is -0.504 e. The van der Waals surface area contributed by atoms with Crippen molar-refractivity contribution in [1.82, 2.24) is 9.78 Å². The minimum absolute atomic E-state index is 0.00882. The van der Waals surface area contributed by atoms with Crippen LogP contribution in [0.15, 0.2) is 6.20 Å². The molecule has 0 aromatic carbocycles. The van der Waals surface area contributed by atoms with E-state index < -0.39 is 15.2 Å². The third kappa shape index (κ3) is 1.83. The van der Waals surface area contributed by atoms with Crippen molar-refractivity contribution in [2.24, 2.45) is 0 Å². The first-order valence-electron chi connectivity index (χ1n) is 4.66. The molecule has 0 amide bonds. The van der Waals surface area contributed by atoms with Crippen molar-refractivity contribution >= 4 is 21.4 Å². The summed E-state index contributed by atoms with van der Waals surface area (Å²) in [5.74, 6) is -0.0216. The highest BCUT2D eigenvalue weighted by molar-refractivity contribution is 7.91. The number of hydrogen-bond donors (Lipinski definition) is 1. The van der Waals surface area contributed by atoms with E-state index in [0.29, 0.717) is 12.8 Å². The molecule has 1 unspecified atom stereocenters. The lowest BCUT2D eigenvalue weighted by Gasteiger charge is -2.22. The second-order valence-corrected chi connectivity index (χ2v) is 6.22. The van der Waals surface area contributed by atoms with Gasteiger partial charge < -0.3 is 5.11 Å². The van der Waals surface area contributed by atoms with E-state index in [0.717, 1.165) is 12.6 Å². The van der Waals surface area contributed by atoms with Crippen molar-refractivity contribution in [2.45, 2.75) is 24.6 Å². The van der Waals surface area contributed by atoms with E-state index in [1.54, 1.807) is 0 Å². The molecule has 1 fully saturated rings. The first kappa shape index (κ1) is 10.8. The van der Waals surface area contributed by atoms with Crippen molar-refractivity contribution in [2.75, 3.05) is 5.75 Å². The van der Waals surface area contributed by atoms with Crippen molar-refractivity contribution < 1.29 is 13.5 Å². The standard InChI is InChI=1S/C8H11ClN2O3S/c9-8-6(12)5-10-11(8)7-3-1-2-4-15(7,13)14/h5,7,12H,1-4H2. The van der Waals surface area contributed by atoms with Gasteiger partial charge in [-0.1, -0.05) is 11.6 Å². The normalized spacial score (nSPS) is 25.3. The molecule has 84 valence electrons. The molecule has 7 heteroatoms. The Morgan fingerprint density at radius 1 is 1.53 bits per heavy atom. The molecule has 0 saturated carbocycles. The summed E-state index contributed by atoms with van der Waals surface area (Å²) in [6.45, 7) is 0. The molecule has 1 aromatic rings. The van der Waals surface area contributed by atoms with Crippen LogP contribution in [0.3, 0.4) is 0 Å². The van der Waals surface area contributed by atoms with Crippen LogP contribution in [0.1, 0.15) is 24.6 Å². The number of hydrogen-bond acceptors (Lipinski definition) is 4. The Labute approximate surface area is 92.6 Å². The zero-order chi connectivity index (χ0) is 11.1. The van der Waals surface area contributed by atoms with Crippen molar-refractivity contribution in [1.29, 1.82) is 0 Å². The van der Waals surface area contributed by atoms with Crippen LogP contribution in [0.2, 0.25) is 5.15 Å². The van der Waals surface area contributed by atoms with E-state index in [9.17, 15) is 13.5 Å². The second kappa shape index (κ2) is 3.68. The molecular weight excluding hydrogens is 240 g/mol. The molecule has 1 aliphatic heterocycles.